The average molecular weight is 303 g/mol. The molecule has 0 spiro atoms. The molecule has 0 fully saturated rings. The number of nitrogens with two attached hydrogens (primary N) is 1. The molecule has 5 heteroatoms. The van der Waals surface area contributed by atoms with Crippen molar-refractivity contribution in [1.82, 2.24) is 0 Å². The molecule has 2 N–H and O–H groups in total. The number of para-hydroxylation sites is 2. The van der Waals surface area contributed by atoms with Crippen LogP contribution < -0.4 is 15.4 Å². The van der Waals surface area contributed by atoms with Crippen molar-refractivity contribution in [3.63, 3.8) is 0 Å². The Morgan fingerprint density at radius 1 is 1.24 bits per heavy atom. The summed E-state index contributed by atoms with van der Waals surface area (Å²) in [7, 11) is 0. The number of anilines is 1. The predicted octanol–water partition coefficient (Wildman–Crippen LogP) is 2.72. The van der Waals surface area contributed by atoms with E-state index in [9.17, 15) is 4.79 Å². The summed E-state index contributed by atoms with van der Waals surface area (Å²) >= 11 is 6.28. The van der Waals surface area contributed by atoms with Gasteiger partial charge in [0.05, 0.1) is 12.2 Å². The van der Waals surface area contributed by atoms with Gasteiger partial charge in [0.15, 0.2) is 6.61 Å². The number of hydrogen-bond donors (Lipinski definition) is 1. The fourth-order valence-corrected chi connectivity index (χ4v) is 2.61. The van der Waals surface area contributed by atoms with Crippen LogP contribution in [0.3, 0.4) is 0 Å². The average Bonchev–Trinajstić information content (AvgIpc) is 2.51. The third-order valence-electron chi connectivity index (χ3n) is 3.49. The first-order valence-corrected chi connectivity index (χ1v) is 7.06. The van der Waals surface area contributed by atoms with Crippen molar-refractivity contribution in [1.29, 1.82) is 0 Å². The summed E-state index contributed by atoms with van der Waals surface area (Å²) < 4.78 is 5.43. The van der Waals surface area contributed by atoms with Gasteiger partial charge >= 0.3 is 0 Å². The molecule has 0 radical (unpaired) electrons. The number of carbonyl (C=O) groups excluding carboxylic acids is 1. The lowest BCUT2D eigenvalue weighted by Gasteiger charge is -2.29. The number of ether oxygens (including phenoxy) is 1. The summed E-state index contributed by atoms with van der Waals surface area (Å²) in [5.41, 5.74) is 8.23. The highest BCUT2D eigenvalue weighted by molar-refractivity contribution is 6.31. The van der Waals surface area contributed by atoms with E-state index in [2.05, 4.69) is 0 Å². The van der Waals surface area contributed by atoms with E-state index in [0.717, 1.165) is 16.8 Å². The van der Waals surface area contributed by atoms with E-state index in [1.807, 2.05) is 42.5 Å². The van der Waals surface area contributed by atoms with Crippen LogP contribution in [0.4, 0.5) is 5.69 Å². The molecule has 2 aromatic carbocycles. The summed E-state index contributed by atoms with van der Waals surface area (Å²) in [5, 5.41) is 0.620. The molecule has 0 atom stereocenters. The maximum atomic E-state index is 12.1. The lowest BCUT2D eigenvalue weighted by atomic mass is 10.1. The molecule has 0 saturated heterocycles. The zero-order valence-corrected chi connectivity index (χ0v) is 12.1. The largest absolute Gasteiger partial charge is 0.482 e. The minimum atomic E-state index is -0.0762. The Morgan fingerprint density at radius 3 is 2.81 bits per heavy atom. The summed E-state index contributed by atoms with van der Waals surface area (Å²) in [6, 6.07) is 13.2. The van der Waals surface area contributed by atoms with Crippen molar-refractivity contribution in [2.24, 2.45) is 5.73 Å². The van der Waals surface area contributed by atoms with Gasteiger partial charge in [0, 0.05) is 11.6 Å². The fraction of sp³-hybridized carbons (Fsp3) is 0.188. The highest BCUT2D eigenvalue weighted by Crippen LogP contribution is 2.33. The van der Waals surface area contributed by atoms with Crippen LogP contribution in [0.2, 0.25) is 5.02 Å². The molecule has 1 aliphatic heterocycles. The number of halogens is 1. The van der Waals surface area contributed by atoms with Gasteiger partial charge in [0.25, 0.3) is 5.91 Å². The maximum absolute atomic E-state index is 12.1. The van der Waals surface area contributed by atoms with Gasteiger partial charge in [-0.1, -0.05) is 35.9 Å². The monoisotopic (exact) mass is 302 g/mol. The van der Waals surface area contributed by atoms with Gasteiger partial charge in [0.2, 0.25) is 0 Å². The van der Waals surface area contributed by atoms with Gasteiger partial charge < -0.3 is 15.4 Å². The standard InChI is InChI=1S/C16H15ClN2O2/c17-13-7-11(8-18)5-6-12(13)9-19-14-3-1-2-4-15(14)21-10-16(19)20/h1-7H,8-10,18H2. The Morgan fingerprint density at radius 2 is 2.05 bits per heavy atom. The molecule has 21 heavy (non-hydrogen) atoms. The smallest absolute Gasteiger partial charge is 0.265 e. The Hall–Kier alpha value is -2.04. The predicted molar refractivity (Wildman–Crippen MR) is 82.5 cm³/mol. The van der Waals surface area contributed by atoms with Crippen LogP contribution in [-0.4, -0.2) is 12.5 Å². The van der Waals surface area contributed by atoms with E-state index in [1.165, 1.54) is 0 Å². The Bertz CT molecular complexity index is 688. The highest BCUT2D eigenvalue weighted by Gasteiger charge is 2.25. The summed E-state index contributed by atoms with van der Waals surface area (Å²) in [4.78, 5) is 13.8. The normalized spacial score (nSPS) is 13.8. The van der Waals surface area contributed by atoms with Crippen molar-refractivity contribution in [2.75, 3.05) is 11.5 Å². The van der Waals surface area contributed by atoms with Gasteiger partial charge in [0.1, 0.15) is 5.75 Å². The maximum Gasteiger partial charge on any atom is 0.265 e. The number of hydrogen-bond acceptors (Lipinski definition) is 3. The third kappa shape index (κ3) is 2.73. The molecular formula is C16H15ClN2O2. The van der Waals surface area contributed by atoms with Crippen molar-refractivity contribution in [2.45, 2.75) is 13.1 Å². The Balaban J connectivity index is 1.92. The van der Waals surface area contributed by atoms with Gasteiger partial charge in [-0.25, -0.2) is 0 Å². The van der Waals surface area contributed by atoms with Crippen LogP contribution >= 0.6 is 11.6 Å². The van der Waals surface area contributed by atoms with Crippen molar-refractivity contribution >= 4 is 23.2 Å². The zero-order chi connectivity index (χ0) is 14.8. The molecule has 2 aromatic rings. The lowest BCUT2D eigenvalue weighted by molar-refractivity contribution is -0.121. The van der Waals surface area contributed by atoms with Crippen molar-refractivity contribution in [3.05, 3.63) is 58.6 Å². The Labute approximate surface area is 128 Å². The van der Waals surface area contributed by atoms with Gasteiger partial charge in [-0.05, 0) is 29.3 Å². The van der Waals surface area contributed by atoms with E-state index in [0.29, 0.717) is 23.9 Å². The van der Waals surface area contributed by atoms with Gasteiger partial charge in [-0.15, -0.1) is 0 Å². The summed E-state index contributed by atoms with van der Waals surface area (Å²) in [6.45, 7) is 0.914. The van der Waals surface area contributed by atoms with Crippen LogP contribution in [0.5, 0.6) is 5.75 Å². The Kier molecular flexibility index (Phi) is 3.82. The first kappa shape index (κ1) is 13.9. The molecule has 4 nitrogen and oxygen atoms in total. The van der Waals surface area contributed by atoms with E-state index in [4.69, 9.17) is 22.1 Å². The van der Waals surface area contributed by atoms with E-state index < -0.39 is 0 Å². The first-order valence-electron chi connectivity index (χ1n) is 6.68. The molecular weight excluding hydrogens is 288 g/mol. The van der Waals surface area contributed by atoms with Crippen LogP contribution in [0, 0.1) is 0 Å². The molecule has 0 saturated carbocycles. The number of amides is 1. The molecule has 0 unspecified atom stereocenters. The SMILES string of the molecule is NCc1ccc(CN2C(=O)COc3ccccc32)c(Cl)c1. The molecule has 3 rings (SSSR count). The molecule has 0 aromatic heterocycles. The van der Waals surface area contributed by atoms with Gasteiger partial charge in [-0.3, -0.25) is 4.79 Å². The molecule has 1 heterocycles. The van der Waals surface area contributed by atoms with E-state index in [-0.39, 0.29) is 12.5 Å². The van der Waals surface area contributed by atoms with E-state index in [1.54, 1.807) is 4.90 Å². The van der Waals surface area contributed by atoms with Crippen LogP contribution in [0.25, 0.3) is 0 Å². The van der Waals surface area contributed by atoms with Crippen LogP contribution in [0.15, 0.2) is 42.5 Å². The quantitative estimate of drug-likeness (QED) is 0.948. The van der Waals surface area contributed by atoms with Gasteiger partial charge in [-0.2, -0.15) is 0 Å². The summed E-state index contributed by atoms with van der Waals surface area (Å²) in [5.74, 6) is 0.638. The minimum absolute atomic E-state index is 0.0511. The zero-order valence-electron chi connectivity index (χ0n) is 11.4. The number of benzene rings is 2. The second-order valence-electron chi connectivity index (χ2n) is 4.87. The lowest BCUT2D eigenvalue weighted by Crippen LogP contribution is -2.38. The molecule has 108 valence electrons. The number of fused-ring (bicyclic) bond motifs is 1. The molecule has 0 aliphatic carbocycles. The number of nitrogens with zero attached hydrogens (tertiary/aromatic N) is 1. The van der Waals surface area contributed by atoms with Crippen LogP contribution in [0.1, 0.15) is 11.1 Å². The first-order chi connectivity index (χ1) is 10.2. The minimum Gasteiger partial charge on any atom is -0.482 e. The summed E-state index contributed by atoms with van der Waals surface area (Å²) in [6.07, 6.45) is 0. The number of rotatable bonds is 3. The second kappa shape index (κ2) is 5.76. The fourth-order valence-electron chi connectivity index (χ4n) is 2.34. The van der Waals surface area contributed by atoms with E-state index >= 15 is 0 Å². The molecule has 0 bridgehead atoms. The topological polar surface area (TPSA) is 55.6 Å². The van der Waals surface area contributed by atoms with Crippen molar-refractivity contribution < 1.29 is 9.53 Å². The second-order valence-corrected chi connectivity index (χ2v) is 5.27. The van der Waals surface area contributed by atoms with Crippen molar-refractivity contribution in [3.8, 4) is 5.75 Å². The molecule has 1 aliphatic rings. The highest BCUT2D eigenvalue weighted by atomic mass is 35.5. The molecule has 1 amide bonds. The van der Waals surface area contributed by atoms with Crippen LogP contribution in [-0.2, 0) is 17.9 Å². The number of carbonyl (C=O) groups is 1. The third-order valence-corrected chi connectivity index (χ3v) is 3.84.